The van der Waals surface area contributed by atoms with Crippen LogP contribution in [-0.4, -0.2) is 51.5 Å². The van der Waals surface area contributed by atoms with E-state index in [0.717, 1.165) is 31.1 Å². The Labute approximate surface area is 197 Å². The normalized spacial score (nSPS) is 14.3. The second-order valence-corrected chi connectivity index (χ2v) is 8.94. The average molecular weight is 472 g/mol. The molecular weight excluding hydrogens is 446 g/mol. The fraction of sp³-hybridized carbons (Fsp3) is 0.348. The lowest BCUT2D eigenvalue weighted by Gasteiger charge is -2.26. The Morgan fingerprint density at radius 1 is 1.12 bits per heavy atom. The summed E-state index contributed by atoms with van der Waals surface area (Å²) in [6, 6.07) is 15.2. The Bertz CT molecular complexity index is 1050. The van der Waals surface area contributed by atoms with Crippen molar-refractivity contribution in [2.24, 2.45) is 0 Å². The SMILES string of the molecule is COc1ccc(NC(=O)CSc2nnc(CN3CCCCC3)n2-c2ccccc2)cc1Cl. The van der Waals surface area contributed by atoms with E-state index in [1.54, 1.807) is 25.3 Å². The number of nitrogens with zero attached hydrogens (tertiary/aromatic N) is 4. The summed E-state index contributed by atoms with van der Waals surface area (Å²) in [6.45, 7) is 2.91. The standard InChI is InChI=1S/C23H26ClN5O2S/c1-31-20-11-10-17(14-19(20)24)25-22(30)16-32-23-27-26-21(15-28-12-6-3-7-13-28)29(23)18-8-4-2-5-9-18/h2,4-5,8-11,14H,3,6-7,12-13,15-16H2,1H3,(H,25,30). The molecule has 1 aromatic heterocycles. The summed E-state index contributed by atoms with van der Waals surface area (Å²) in [7, 11) is 1.55. The average Bonchev–Trinajstić information content (AvgIpc) is 3.21. The van der Waals surface area contributed by atoms with E-state index in [0.29, 0.717) is 21.6 Å². The molecule has 0 bridgehead atoms. The van der Waals surface area contributed by atoms with Gasteiger partial charge in [0.25, 0.3) is 0 Å². The fourth-order valence-electron chi connectivity index (χ4n) is 3.72. The van der Waals surface area contributed by atoms with Crippen molar-refractivity contribution in [1.82, 2.24) is 19.7 Å². The molecule has 7 nitrogen and oxygen atoms in total. The molecule has 0 unspecified atom stereocenters. The number of ether oxygens (including phenoxy) is 1. The van der Waals surface area contributed by atoms with Crippen LogP contribution in [0, 0.1) is 0 Å². The fourth-order valence-corrected chi connectivity index (χ4v) is 4.75. The van der Waals surface area contributed by atoms with Crippen LogP contribution in [0.15, 0.2) is 53.7 Å². The number of anilines is 1. The number of piperidine rings is 1. The maximum Gasteiger partial charge on any atom is 0.234 e. The largest absolute Gasteiger partial charge is 0.495 e. The quantitative estimate of drug-likeness (QED) is 0.482. The Morgan fingerprint density at radius 2 is 1.91 bits per heavy atom. The van der Waals surface area contributed by atoms with Crippen LogP contribution in [0.2, 0.25) is 5.02 Å². The third-order valence-electron chi connectivity index (χ3n) is 5.30. The molecule has 1 aliphatic rings. The minimum Gasteiger partial charge on any atom is -0.495 e. The highest BCUT2D eigenvalue weighted by molar-refractivity contribution is 7.99. The van der Waals surface area contributed by atoms with Gasteiger partial charge in [0, 0.05) is 11.4 Å². The molecule has 1 amide bonds. The summed E-state index contributed by atoms with van der Waals surface area (Å²) in [5, 5.41) is 12.9. The molecule has 0 aliphatic carbocycles. The first-order chi connectivity index (χ1) is 15.6. The molecule has 1 N–H and O–H groups in total. The predicted octanol–water partition coefficient (Wildman–Crippen LogP) is 4.65. The van der Waals surface area contributed by atoms with Gasteiger partial charge in [-0.25, -0.2) is 0 Å². The van der Waals surface area contributed by atoms with Gasteiger partial charge in [-0.3, -0.25) is 14.3 Å². The van der Waals surface area contributed by atoms with Crippen LogP contribution in [0.25, 0.3) is 5.69 Å². The van der Waals surface area contributed by atoms with Gasteiger partial charge >= 0.3 is 0 Å². The number of aromatic nitrogens is 3. The molecular formula is C23H26ClN5O2S. The molecule has 0 radical (unpaired) electrons. The summed E-state index contributed by atoms with van der Waals surface area (Å²) in [5.41, 5.74) is 1.62. The van der Waals surface area contributed by atoms with Crippen molar-refractivity contribution in [2.45, 2.75) is 31.0 Å². The molecule has 0 atom stereocenters. The predicted molar refractivity (Wildman–Crippen MR) is 128 cm³/mol. The lowest BCUT2D eigenvalue weighted by Crippen LogP contribution is -2.30. The van der Waals surface area contributed by atoms with Crippen LogP contribution >= 0.6 is 23.4 Å². The molecule has 4 rings (SSSR count). The first-order valence-electron chi connectivity index (χ1n) is 10.6. The van der Waals surface area contributed by atoms with Crippen molar-refractivity contribution in [2.75, 3.05) is 31.3 Å². The molecule has 0 spiro atoms. The van der Waals surface area contributed by atoms with Gasteiger partial charge in [-0.15, -0.1) is 10.2 Å². The lowest BCUT2D eigenvalue weighted by molar-refractivity contribution is -0.113. The number of likely N-dealkylation sites (tertiary alicyclic amines) is 1. The zero-order valence-corrected chi connectivity index (χ0v) is 19.5. The second-order valence-electron chi connectivity index (χ2n) is 7.59. The number of hydrogen-bond donors (Lipinski definition) is 1. The molecule has 1 fully saturated rings. The third kappa shape index (κ3) is 5.62. The molecule has 168 valence electrons. The molecule has 9 heteroatoms. The van der Waals surface area contributed by atoms with Gasteiger partial charge in [-0.2, -0.15) is 0 Å². The van der Waals surface area contributed by atoms with Crippen molar-refractivity contribution < 1.29 is 9.53 Å². The topological polar surface area (TPSA) is 72.3 Å². The van der Waals surface area contributed by atoms with Crippen LogP contribution < -0.4 is 10.1 Å². The van der Waals surface area contributed by atoms with Gasteiger partial charge in [0.15, 0.2) is 11.0 Å². The van der Waals surface area contributed by atoms with Gasteiger partial charge in [0.05, 0.1) is 24.4 Å². The van der Waals surface area contributed by atoms with Crippen molar-refractivity contribution in [3.05, 3.63) is 59.4 Å². The van der Waals surface area contributed by atoms with Gasteiger partial charge in [-0.05, 0) is 56.3 Å². The highest BCUT2D eigenvalue weighted by Gasteiger charge is 2.19. The first kappa shape index (κ1) is 22.6. The minimum atomic E-state index is -0.142. The number of thioether (sulfide) groups is 1. The molecule has 2 heterocycles. The molecule has 3 aromatic rings. The van der Waals surface area contributed by atoms with Crippen LogP contribution in [0.3, 0.4) is 0 Å². The van der Waals surface area contributed by atoms with Crippen LogP contribution in [0.5, 0.6) is 5.75 Å². The second kappa shape index (κ2) is 10.8. The van der Waals surface area contributed by atoms with E-state index >= 15 is 0 Å². The maximum absolute atomic E-state index is 12.6. The number of amides is 1. The lowest BCUT2D eigenvalue weighted by atomic mass is 10.1. The molecule has 1 saturated heterocycles. The zero-order valence-electron chi connectivity index (χ0n) is 18.0. The monoisotopic (exact) mass is 471 g/mol. The van der Waals surface area contributed by atoms with Crippen LogP contribution in [0.1, 0.15) is 25.1 Å². The van der Waals surface area contributed by atoms with Crippen molar-refractivity contribution in [3.8, 4) is 11.4 Å². The van der Waals surface area contributed by atoms with Crippen LogP contribution in [-0.2, 0) is 11.3 Å². The van der Waals surface area contributed by atoms with Crippen LogP contribution in [0.4, 0.5) is 5.69 Å². The number of nitrogens with one attached hydrogen (secondary N) is 1. The first-order valence-corrected chi connectivity index (χ1v) is 12.0. The highest BCUT2D eigenvalue weighted by atomic mass is 35.5. The Kier molecular flexibility index (Phi) is 7.68. The number of benzene rings is 2. The van der Waals surface area contributed by atoms with E-state index in [1.165, 1.54) is 31.0 Å². The van der Waals surface area contributed by atoms with E-state index in [9.17, 15) is 4.79 Å². The van der Waals surface area contributed by atoms with Crippen molar-refractivity contribution in [3.63, 3.8) is 0 Å². The van der Waals surface area contributed by atoms with Gasteiger partial charge in [-0.1, -0.05) is 48.0 Å². The molecule has 2 aromatic carbocycles. The van der Waals surface area contributed by atoms with E-state index < -0.39 is 0 Å². The van der Waals surface area contributed by atoms with E-state index in [2.05, 4.69) is 25.0 Å². The highest BCUT2D eigenvalue weighted by Crippen LogP contribution is 2.28. The van der Waals surface area contributed by atoms with Crippen molar-refractivity contribution in [1.29, 1.82) is 0 Å². The Hall–Kier alpha value is -2.55. The Balaban J connectivity index is 1.46. The summed E-state index contributed by atoms with van der Waals surface area (Å²) in [4.78, 5) is 15.0. The molecule has 0 saturated carbocycles. The number of methoxy groups -OCH3 is 1. The maximum atomic E-state index is 12.6. The number of carbonyl (C=O) groups excluding carboxylic acids is 1. The smallest absolute Gasteiger partial charge is 0.234 e. The minimum absolute atomic E-state index is 0.142. The van der Waals surface area contributed by atoms with Gasteiger partial charge in [0.2, 0.25) is 5.91 Å². The summed E-state index contributed by atoms with van der Waals surface area (Å²) < 4.78 is 7.20. The summed E-state index contributed by atoms with van der Waals surface area (Å²) in [6.07, 6.45) is 3.73. The number of para-hydroxylation sites is 1. The van der Waals surface area contributed by atoms with Gasteiger partial charge in [0.1, 0.15) is 5.75 Å². The number of halogens is 1. The van der Waals surface area contributed by atoms with E-state index in [-0.39, 0.29) is 11.7 Å². The van der Waals surface area contributed by atoms with Crippen molar-refractivity contribution >= 4 is 35.0 Å². The number of rotatable bonds is 8. The molecule has 32 heavy (non-hydrogen) atoms. The third-order valence-corrected chi connectivity index (χ3v) is 6.52. The summed E-state index contributed by atoms with van der Waals surface area (Å²) >= 11 is 7.52. The Morgan fingerprint density at radius 3 is 2.62 bits per heavy atom. The summed E-state index contributed by atoms with van der Waals surface area (Å²) in [5.74, 6) is 1.52. The van der Waals surface area contributed by atoms with E-state index in [4.69, 9.17) is 16.3 Å². The molecule has 1 aliphatic heterocycles. The number of hydrogen-bond acceptors (Lipinski definition) is 6. The van der Waals surface area contributed by atoms with E-state index in [1.807, 2.05) is 30.3 Å². The van der Waals surface area contributed by atoms with Gasteiger partial charge < -0.3 is 10.1 Å². The number of carbonyl (C=O) groups is 1. The zero-order chi connectivity index (χ0) is 22.3.